The van der Waals surface area contributed by atoms with Gasteiger partial charge in [-0.3, -0.25) is 0 Å². The predicted molar refractivity (Wildman–Crippen MR) is 87.0 cm³/mol. The molecule has 0 aliphatic carbocycles. The fourth-order valence-corrected chi connectivity index (χ4v) is 2.93. The van der Waals surface area contributed by atoms with E-state index in [9.17, 15) is 13.2 Å². The molecule has 0 amide bonds. The number of rotatable bonds is 5. The molecule has 126 valence electrons. The van der Waals surface area contributed by atoms with Crippen LogP contribution in [0.25, 0.3) is 10.9 Å². The number of fused-ring (bicyclic) bond motifs is 1. The molecule has 1 N–H and O–H groups in total. The highest BCUT2D eigenvalue weighted by Crippen LogP contribution is 2.30. The molecule has 0 bridgehead atoms. The van der Waals surface area contributed by atoms with Crippen LogP contribution < -0.4 is 5.32 Å². The van der Waals surface area contributed by atoms with Crippen molar-refractivity contribution in [3.63, 3.8) is 0 Å². The molecule has 0 aliphatic rings. The number of nitrogens with zero attached hydrogens (tertiary/aromatic N) is 4. The summed E-state index contributed by atoms with van der Waals surface area (Å²) in [5.41, 5.74) is 0.263. The zero-order valence-electron chi connectivity index (χ0n) is 12.7. The normalized spacial score (nSPS) is 11.8. The van der Waals surface area contributed by atoms with Gasteiger partial charge in [-0.15, -0.1) is 0 Å². The third kappa shape index (κ3) is 3.61. The molecule has 5 nitrogen and oxygen atoms in total. The molecule has 0 fully saturated rings. The minimum absolute atomic E-state index is 0.188. The van der Waals surface area contributed by atoms with Crippen LogP contribution in [0, 0.1) is 0 Å². The molecule has 2 heterocycles. The zero-order valence-corrected chi connectivity index (χ0v) is 13.5. The van der Waals surface area contributed by atoms with Crippen LogP contribution in [0.2, 0.25) is 0 Å². The molecule has 0 radical (unpaired) electrons. The lowest BCUT2D eigenvalue weighted by Gasteiger charge is -2.12. The standard InChI is InChI=1S/C15H14F3N5S/c1-23-8-6-20-14(23)24-9-7-19-12-10-4-2-3-5-11(10)21-13(22-12)15(16,17)18/h2-6,8H,7,9H2,1H3,(H,19,21,22). The van der Waals surface area contributed by atoms with Crippen molar-refractivity contribution in [2.24, 2.45) is 7.05 Å². The van der Waals surface area contributed by atoms with Crippen molar-refractivity contribution >= 4 is 28.5 Å². The molecule has 3 rings (SSSR count). The van der Waals surface area contributed by atoms with E-state index in [1.807, 2.05) is 17.8 Å². The number of nitrogens with one attached hydrogen (secondary N) is 1. The maximum atomic E-state index is 12.9. The molecule has 0 saturated carbocycles. The molecule has 0 saturated heterocycles. The first kappa shape index (κ1) is 16.6. The van der Waals surface area contributed by atoms with E-state index in [-0.39, 0.29) is 11.3 Å². The lowest BCUT2D eigenvalue weighted by Crippen LogP contribution is -2.14. The lowest BCUT2D eigenvalue weighted by atomic mass is 10.2. The summed E-state index contributed by atoms with van der Waals surface area (Å²) < 4.78 is 40.7. The highest BCUT2D eigenvalue weighted by molar-refractivity contribution is 7.99. The first-order valence-electron chi connectivity index (χ1n) is 7.13. The molecular weight excluding hydrogens is 339 g/mol. The van der Waals surface area contributed by atoms with E-state index >= 15 is 0 Å². The molecule has 9 heteroatoms. The van der Waals surface area contributed by atoms with Gasteiger partial charge in [0.15, 0.2) is 5.16 Å². The Morgan fingerprint density at radius 2 is 2.00 bits per heavy atom. The third-order valence-electron chi connectivity index (χ3n) is 3.26. The topological polar surface area (TPSA) is 55.6 Å². The van der Waals surface area contributed by atoms with Crippen LogP contribution in [-0.4, -0.2) is 31.8 Å². The van der Waals surface area contributed by atoms with Gasteiger partial charge in [0.1, 0.15) is 5.82 Å². The molecule has 0 unspecified atom stereocenters. The second-order valence-electron chi connectivity index (χ2n) is 5.01. The van der Waals surface area contributed by atoms with E-state index < -0.39 is 12.0 Å². The second kappa shape index (κ2) is 6.68. The number of hydrogen-bond donors (Lipinski definition) is 1. The fourth-order valence-electron chi connectivity index (χ4n) is 2.14. The lowest BCUT2D eigenvalue weighted by molar-refractivity contribution is -0.144. The third-order valence-corrected chi connectivity index (χ3v) is 4.32. The van der Waals surface area contributed by atoms with Gasteiger partial charge < -0.3 is 9.88 Å². The number of imidazole rings is 1. The Morgan fingerprint density at radius 1 is 1.21 bits per heavy atom. The molecule has 0 spiro atoms. The van der Waals surface area contributed by atoms with Crippen LogP contribution in [0.15, 0.2) is 41.8 Å². The summed E-state index contributed by atoms with van der Waals surface area (Å²) in [6, 6.07) is 6.63. The van der Waals surface area contributed by atoms with Crippen LogP contribution >= 0.6 is 11.8 Å². The summed E-state index contributed by atoms with van der Waals surface area (Å²) in [5.74, 6) is -0.307. The van der Waals surface area contributed by atoms with E-state index in [1.165, 1.54) is 11.8 Å². The van der Waals surface area contributed by atoms with Crippen LogP contribution in [0.3, 0.4) is 0 Å². The predicted octanol–water partition coefficient (Wildman–Crippen LogP) is 3.59. The highest BCUT2D eigenvalue weighted by Gasteiger charge is 2.35. The Morgan fingerprint density at radius 3 is 2.71 bits per heavy atom. The van der Waals surface area contributed by atoms with Crippen molar-refractivity contribution < 1.29 is 13.2 Å². The van der Waals surface area contributed by atoms with Gasteiger partial charge in [-0.2, -0.15) is 13.2 Å². The SMILES string of the molecule is Cn1ccnc1SCCNc1nc(C(F)(F)F)nc2ccccc12. The van der Waals surface area contributed by atoms with Gasteiger partial charge in [-0.05, 0) is 12.1 Å². The zero-order chi connectivity index (χ0) is 17.2. The first-order valence-corrected chi connectivity index (χ1v) is 8.11. The average molecular weight is 353 g/mol. The number of benzene rings is 1. The number of anilines is 1. The smallest absolute Gasteiger partial charge is 0.369 e. The molecule has 24 heavy (non-hydrogen) atoms. The van der Waals surface area contributed by atoms with Crippen molar-refractivity contribution in [2.45, 2.75) is 11.3 Å². The minimum atomic E-state index is -4.58. The Balaban J connectivity index is 1.76. The van der Waals surface area contributed by atoms with Gasteiger partial charge >= 0.3 is 6.18 Å². The number of aryl methyl sites for hydroxylation is 1. The number of aromatic nitrogens is 4. The Labute approximate surface area is 140 Å². The van der Waals surface area contributed by atoms with Gasteiger partial charge in [0, 0.05) is 37.1 Å². The Kier molecular flexibility index (Phi) is 4.61. The molecule has 0 aliphatic heterocycles. The van der Waals surface area contributed by atoms with Crippen LogP contribution in [0.1, 0.15) is 5.82 Å². The van der Waals surface area contributed by atoms with Crippen molar-refractivity contribution in [1.29, 1.82) is 0 Å². The molecule has 3 aromatic rings. The van der Waals surface area contributed by atoms with E-state index in [0.29, 0.717) is 17.7 Å². The number of thioether (sulfide) groups is 1. The van der Waals surface area contributed by atoms with Gasteiger partial charge in [0.2, 0.25) is 5.82 Å². The second-order valence-corrected chi connectivity index (χ2v) is 6.07. The Hall–Kier alpha value is -2.29. The monoisotopic (exact) mass is 353 g/mol. The number of halogens is 3. The summed E-state index contributed by atoms with van der Waals surface area (Å²) in [6.07, 6.45) is -1.05. The van der Waals surface area contributed by atoms with E-state index in [0.717, 1.165) is 5.16 Å². The van der Waals surface area contributed by atoms with E-state index in [4.69, 9.17) is 0 Å². The first-order chi connectivity index (χ1) is 11.4. The molecule has 1 aromatic carbocycles. The number of alkyl halides is 3. The van der Waals surface area contributed by atoms with Crippen molar-refractivity contribution in [1.82, 2.24) is 19.5 Å². The average Bonchev–Trinajstić information content (AvgIpc) is 2.95. The summed E-state index contributed by atoms with van der Waals surface area (Å²) in [5, 5.41) is 4.38. The Bertz CT molecular complexity index is 846. The van der Waals surface area contributed by atoms with Crippen molar-refractivity contribution in [3.05, 3.63) is 42.5 Å². The van der Waals surface area contributed by atoms with Gasteiger partial charge in [0.25, 0.3) is 0 Å². The van der Waals surface area contributed by atoms with Gasteiger partial charge in [-0.25, -0.2) is 15.0 Å². The largest absolute Gasteiger partial charge is 0.451 e. The van der Waals surface area contributed by atoms with E-state index in [1.54, 1.807) is 30.5 Å². The molecular formula is C15H14F3N5S. The molecule has 2 aromatic heterocycles. The van der Waals surface area contributed by atoms with Crippen LogP contribution in [-0.2, 0) is 13.2 Å². The summed E-state index contributed by atoms with van der Waals surface area (Å²) in [6.45, 7) is 0.454. The van der Waals surface area contributed by atoms with Gasteiger partial charge in [0.05, 0.1) is 5.52 Å². The minimum Gasteiger partial charge on any atom is -0.369 e. The summed E-state index contributed by atoms with van der Waals surface area (Å²) in [7, 11) is 1.89. The van der Waals surface area contributed by atoms with Crippen LogP contribution in [0.5, 0.6) is 0 Å². The fraction of sp³-hybridized carbons (Fsp3) is 0.267. The van der Waals surface area contributed by atoms with Crippen LogP contribution in [0.4, 0.5) is 19.0 Å². The van der Waals surface area contributed by atoms with Crippen molar-refractivity contribution in [2.75, 3.05) is 17.6 Å². The van der Waals surface area contributed by atoms with Crippen molar-refractivity contribution in [3.8, 4) is 0 Å². The summed E-state index contributed by atoms with van der Waals surface area (Å²) >= 11 is 1.51. The van der Waals surface area contributed by atoms with Gasteiger partial charge in [-0.1, -0.05) is 23.9 Å². The summed E-state index contributed by atoms with van der Waals surface area (Å²) in [4.78, 5) is 11.4. The van der Waals surface area contributed by atoms with E-state index in [2.05, 4.69) is 20.3 Å². The number of hydrogen-bond acceptors (Lipinski definition) is 5. The maximum absolute atomic E-state index is 12.9. The highest BCUT2D eigenvalue weighted by atomic mass is 32.2. The number of para-hydroxylation sites is 1. The quantitative estimate of drug-likeness (QED) is 0.561. The molecule has 0 atom stereocenters. The maximum Gasteiger partial charge on any atom is 0.451 e.